The van der Waals surface area contributed by atoms with Gasteiger partial charge in [0.25, 0.3) is 5.69 Å². The molecule has 0 amide bonds. The maximum atomic E-state index is 10.5. The number of halogens is 2. The molecular formula is C7H5Cl2N3O2S. The molecule has 8 heteroatoms. The predicted molar refractivity (Wildman–Crippen MR) is 63.5 cm³/mol. The van der Waals surface area contributed by atoms with Crippen molar-refractivity contribution in [2.75, 3.05) is 5.32 Å². The van der Waals surface area contributed by atoms with Gasteiger partial charge in [0.1, 0.15) is 0 Å². The van der Waals surface area contributed by atoms with E-state index in [0.29, 0.717) is 0 Å². The van der Waals surface area contributed by atoms with Crippen molar-refractivity contribution in [3.63, 3.8) is 0 Å². The zero-order valence-electron chi connectivity index (χ0n) is 7.16. The Bertz CT molecular complexity index is 415. The molecule has 0 heterocycles. The average molecular weight is 266 g/mol. The average Bonchev–Trinajstić information content (AvgIpc) is 2.10. The van der Waals surface area contributed by atoms with Crippen LogP contribution in [0.1, 0.15) is 0 Å². The number of thiocarbonyl (C=S) groups is 1. The summed E-state index contributed by atoms with van der Waals surface area (Å²) in [5.41, 5.74) is 5.29. The van der Waals surface area contributed by atoms with Gasteiger partial charge >= 0.3 is 0 Å². The molecule has 0 saturated carbocycles. The molecule has 3 N–H and O–H groups in total. The third kappa shape index (κ3) is 2.92. The monoisotopic (exact) mass is 265 g/mol. The number of nitro benzene ring substituents is 1. The Morgan fingerprint density at radius 3 is 2.27 bits per heavy atom. The fourth-order valence-electron chi connectivity index (χ4n) is 0.908. The van der Waals surface area contributed by atoms with Crippen molar-refractivity contribution in [3.05, 3.63) is 32.3 Å². The van der Waals surface area contributed by atoms with E-state index in [1.807, 2.05) is 0 Å². The zero-order valence-corrected chi connectivity index (χ0v) is 9.49. The molecule has 1 aromatic rings. The van der Waals surface area contributed by atoms with Gasteiger partial charge < -0.3 is 11.1 Å². The van der Waals surface area contributed by atoms with Gasteiger partial charge in [0.05, 0.1) is 20.7 Å². The molecule has 5 nitrogen and oxygen atoms in total. The molecule has 1 aromatic carbocycles. The topological polar surface area (TPSA) is 81.2 Å². The Labute approximate surface area is 100 Å². The van der Waals surface area contributed by atoms with E-state index in [1.54, 1.807) is 0 Å². The maximum absolute atomic E-state index is 10.5. The minimum atomic E-state index is -0.595. The first-order valence-corrected chi connectivity index (χ1v) is 4.78. The van der Waals surface area contributed by atoms with Crippen molar-refractivity contribution in [2.24, 2.45) is 5.73 Å². The van der Waals surface area contributed by atoms with E-state index in [9.17, 15) is 10.1 Å². The SMILES string of the molecule is NC(=S)Nc1c(Cl)cc([N+](=O)[O-])cc1Cl. The van der Waals surface area contributed by atoms with Crippen LogP contribution < -0.4 is 11.1 Å². The highest BCUT2D eigenvalue weighted by Gasteiger charge is 2.14. The van der Waals surface area contributed by atoms with Gasteiger partial charge in [0.15, 0.2) is 5.11 Å². The van der Waals surface area contributed by atoms with Crippen LogP contribution in [-0.2, 0) is 0 Å². The molecule has 0 radical (unpaired) electrons. The van der Waals surface area contributed by atoms with Crippen molar-refractivity contribution in [1.29, 1.82) is 0 Å². The Balaban J connectivity index is 3.21. The van der Waals surface area contributed by atoms with Gasteiger partial charge in [-0.3, -0.25) is 10.1 Å². The molecule has 0 spiro atoms. The highest BCUT2D eigenvalue weighted by Crippen LogP contribution is 2.34. The molecular weight excluding hydrogens is 261 g/mol. The number of hydrogen-bond donors (Lipinski definition) is 2. The van der Waals surface area contributed by atoms with Crippen LogP contribution in [-0.4, -0.2) is 10.0 Å². The van der Waals surface area contributed by atoms with E-state index in [1.165, 1.54) is 0 Å². The van der Waals surface area contributed by atoms with Crippen molar-refractivity contribution in [2.45, 2.75) is 0 Å². The summed E-state index contributed by atoms with van der Waals surface area (Å²) in [6.45, 7) is 0. The second kappa shape index (κ2) is 4.61. The molecule has 0 atom stereocenters. The summed E-state index contributed by atoms with van der Waals surface area (Å²) in [6.07, 6.45) is 0. The molecule has 80 valence electrons. The van der Waals surface area contributed by atoms with Crippen molar-refractivity contribution in [1.82, 2.24) is 0 Å². The number of non-ortho nitro benzene ring substituents is 1. The first kappa shape index (κ1) is 12.0. The highest BCUT2D eigenvalue weighted by molar-refractivity contribution is 7.80. The third-order valence-electron chi connectivity index (χ3n) is 1.49. The van der Waals surface area contributed by atoms with Crippen LogP contribution in [0.25, 0.3) is 0 Å². The first-order chi connectivity index (χ1) is 6.91. The van der Waals surface area contributed by atoms with Gasteiger partial charge in [-0.15, -0.1) is 0 Å². The van der Waals surface area contributed by atoms with E-state index in [0.717, 1.165) is 12.1 Å². The van der Waals surface area contributed by atoms with E-state index in [-0.39, 0.29) is 26.5 Å². The van der Waals surface area contributed by atoms with Crippen LogP contribution in [0.5, 0.6) is 0 Å². The Hall–Kier alpha value is -1.11. The van der Waals surface area contributed by atoms with E-state index in [2.05, 4.69) is 17.5 Å². The Morgan fingerprint density at radius 1 is 1.47 bits per heavy atom. The van der Waals surface area contributed by atoms with Crippen molar-refractivity contribution < 1.29 is 4.92 Å². The van der Waals surface area contributed by atoms with Gasteiger partial charge in [-0.1, -0.05) is 23.2 Å². The summed E-state index contributed by atoms with van der Waals surface area (Å²) in [7, 11) is 0. The van der Waals surface area contributed by atoms with Gasteiger partial charge in [0, 0.05) is 12.1 Å². The van der Waals surface area contributed by atoms with Crippen LogP contribution in [0.15, 0.2) is 12.1 Å². The molecule has 0 aliphatic heterocycles. The lowest BCUT2D eigenvalue weighted by molar-refractivity contribution is -0.384. The smallest absolute Gasteiger partial charge is 0.272 e. The van der Waals surface area contributed by atoms with Crippen molar-refractivity contribution >= 4 is 51.9 Å². The normalized spacial score (nSPS) is 9.73. The van der Waals surface area contributed by atoms with Gasteiger partial charge in [-0.05, 0) is 12.2 Å². The van der Waals surface area contributed by atoms with Gasteiger partial charge in [-0.25, -0.2) is 0 Å². The molecule has 0 aromatic heterocycles. The molecule has 0 bridgehead atoms. The van der Waals surface area contributed by atoms with Crippen LogP contribution in [0, 0.1) is 10.1 Å². The molecule has 0 aliphatic carbocycles. The third-order valence-corrected chi connectivity index (χ3v) is 2.18. The molecule has 0 saturated heterocycles. The summed E-state index contributed by atoms with van der Waals surface area (Å²) >= 11 is 16.1. The van der Waals surface area contributed by atoms with E-state index >= 15 is 0 Å². The second-order valence-electron chi connectivity index (χ2n) is 2.53. The lowest BCUT2D eigenvalue weighted by atomic mass is 10.3. The van der Waals surface area contributed by atoms with Crippen molar-refractivity contribution in [3.8, 4) is 0 Å². The lowest BCUT2D eigenvalue weighted by Crippen LogP contribution is -2.19. The predicted octanol–water partition coefficient (Wildman–Crippen LogP) is 2.56. The highest BCUT2D eigenvalue weighted by atomic mass is 35.5. The number of nitrogens with two attached hydrogens (primary N) is 1. The zero-order chi connectivity index (χ0) is 11.6. The molecule has 0 aliphatic rings. The van der Waals surface area contributed by atoms with E-state index < -0.39 is 4.92 Å². The van der Waals surface area contributed by atoms with E-state index in [4.69, 9.17) is 28.9 Å². The Kier molecular flexibility index (Phi) is 3.67. The number of rotatable bonds is 2. The fraction of sp³-hybridized carbons (Fsp3) is 0. The minimum Gasteiger partial charge on any atom is -0.376 e. The summed E-state index contributed by atoms with van der Waals surface area (Å²) in [5.74, 6) is 0. The summed E-state index contributed by atoms with van der Waals surface area (Å²) in [4.78, 5) is 9.86. The lowest BCUT2D eigenvalue weighted by Gasteiger charge is -2.07. The summed E-state index contributed by atoms with van der Waals surface area (Å²) < 4.78 is 0. The quantitative estimate of drug-likeness (QED) is 0.488. The van der Waals surface area contributed by atoms with Crippen LogP contribution in [0.3, 0.4) is 0 Å². The standard InChI is InChI=1S/C7H5Cl2N3O2S/c8-4-1-3(12(13)14)2-5(9)6(4)11-7(10)15/h1-2H,(H3,10,11,15). The van der Waals surface area contributed by atoms with Gasteiger partial charge in [0.2, 0.25) is 0 Å². The molecule has 1 rings (SSSR count). The number of hydrogen-bond acceptors (Lipinski definition) is 3. The number of benzene rings is 1. The minimum absolute atomic E-state index is 0.0207. The number of nitro groups is 1. The summed E-state index contributed by atoms with van der Waals surface area (Å²) in [6, 6.07) is 2.32. The molecule has 0 unspecified atom stereocenters. The fourth-order valence-corrected chi connectivity index (χ4v) is 1.58. The largest absolute Gasteiger partial charge is 0.376 e. The van der Waals surface area contributed by atoms with Crippen LogP contribution in [0.4, 0.5) is 11.4 Å². The molecule has 15 heavy (non-hydrogen) atoms. The number of nitrogens with one attached hydrogen (secondary N) is 1. The van der Waals surface area contributed by atoms with Crippen LogP contribution in [0.2, 0.25) is 10.0 Å². The van der Waals surface area contributed by atoms with Crippen LogP contribution >= 0.6 is 35.4 Å². The maximum Gasteiger partial charge on any atom is 0.272 e. The van der Waals surface area contributed by atoms with Gasteiger partial charge in [-0.2, -0.15) is 0 Å². The number of anilines is 1. The number of nitrogens with zero attached hydrogens (tertiary/aromatic N) is 1. The Morgan fingerprint density at radius 2 is 1.93 bits per heavy atom. The summed E-state index contributed by atoms with van der Waals surface area (Å²) in [5, 5.41) is 13.1. The first-order valence-electron chi connectivity index (χ1n) is 3.61. The second-order valence-corrected chi connectivity index (χ2v) is 3.79. The molecule has 0 fully saturated rings.